The van der Waals surface area contributed by atoms with Gasteiger partial charge in [0.2, 0.25) is 0 Å². The molecule has 0 aliphatic carbocycles. The molecular formula is C11H15F2NO. The van der Waals surface area contributed by atoms with Crippen LogP contribution in [0.15, 0.2) is 18.2 Å². The molecule has 0 radical (unpaired) electrons. The van der Waals surface area contributed by atoms with Crippen molar-refractivity contribution in [2.75, 3.05) is 13.2 Å². The first kappa shape index (κ1) is 12.1. The summed E-state index contributed by atoms with van der Waals surface area (Å²) >= 11 is 0. The third-order valence-corrected chi connectivity index (χ3v) is 2.23. The Morgan fingerprint density at radius 2 is 2.07 bits per heavy atom. The number of benzene rings is 1. The molecule has 0 fully saturated rings. The van der Waals surface area contributed by atoms with Crippen molar-refractivity contribution >= 4 is 0 Å². The maximum atomic E-state index is 12.9. The zero-order chi connectivity index (χ0) is 11.3. The van der Waals surface area contributed by atoms with Gasteiger partial charge in [-0.3, -0.25) is 0 Å². The van der Waals surface area contributed by atoms with Gasteiger partial charge in [0.05, 0.1) is 0 Å². The second-order valence-electron chi connectivity index (χ2n) is 3.43. The summed E-state index contributed by atoms with van der Waals surface area (Å²) in [5.41, 5.74) is 0.701. The number of aliphatic hydroxyl groups is 1. The molecular weight excluding hydrogens is 200 g/mol. The van der Waals surface area contributed by atoms with Gasteiger partial charge in [-0.05, 0) is 37.6 Å². The lowest BCUT2D eigenvalue weighted by Crippen LogP contribution is -2.20. The zero-order valence-corrected chi connectivity index (χ0v) is 8.63. The van der Waals surface area contributed by atoms with Crippen molar-refractivity contribution in [3.63, 3.8) is 0 Å². The molecule has 1 atom stereocenters. The molecule has 0 bridgehead atoms. The Bertz CT molecular complexity index is 317. The molecule has 0 spiro atoms. The second kappa shape index (κ2) is 5.78. The lowest BCUT2D eigenvalue weighted by Gasteiger charge is -2.13. The fourth-order valence-electron chi connectivity index (χ4n) is 1.30. The Morgan fingerprint density at radius 3 is 2.67 bits per heavy atom. The van der Waals surface area contributed by atoms with Gasteiger partial charge < -0.3 is 10.4 Å². The first-order valence-corrected chi connectivity index (χ1v) is 4.94. The summed E-state index contributed by atoms with van der Waals surface area (Å²) in [6, 6.07) is 3.81. The third-order valence-electron chi connectivity index (χ3n) is 2.23. The Labute approximate surface area is 87.9 Å². The second-order valence-corrected chi connectivity index (χ2v) is 3.43. The van der Waals surface area contributed by atoms with Crippen LogP contribution in [0.5, 0.6) is 0 Å². The normalized spacial score (nSPS) is 12.8. The monoisotopic (exact) mass is 215 g/mol. The molecule has 1 rings (SSSR count). The summed E-state index contributed by atoms with van der Waals surface area (Å²) in [6.45, 7) is 2.64. The van der Waals surface area contributed by atoms with Crippen LogP contribution in [0, 0.1) is 11.6 Å². The fourth-order valence-corrected chi connectivity index (χ4v) is 1.30. The third kappa shape index (κ3) is 3.57. The van der Waals surface area contributed by atoms with Gasteiger partial charge in [-0.2, -0.15) is 0 Å². The quantitative estimate of drug-likeness (QED) is 0.736. The molecule has 0 aliphatic heterocycles. The summed E-state index contributed by atoms with van der Waals surface area (Å²) in [5.74, 6) is -1.66. The number of nitrogens with one attached hydrogen (secondary N) is 1. The van der Waals surface area contributed by atoms with Gasteiger partial charge in [-0.15, -0.1) is 0 Å². The minimum absolute atomic E-state index is 0.0494. The van der Waals surface area contributed by atoms with Crippen molar-refractivity contribution in [2.24, 2.45) is 0 Å². The molecule has 0 unspecified atom stereocenters. The highest BCUT2D eigenvalue weighted by Crippen LogP contribution is 2.15. The van der Waals surface area contributed by atoms with E-state index in [1.807, 2.05) is 6.92 Å². The minimum Gasteiger partial charge on any atom is -0.396 e. The summed E-state index contributed by atoms with van der Waals surface area (Å²) in [6.07, 6.45) is 0.647. The van der Waals surface area contributed by atoms with Crippen LogP contribution in [0.25, 0.3) is 0 Å². The van der Waals surface area contributed by atoms with Gasteiger partial charge in [-0.25, -0.2) is 8.78 Å². The fraction of sp³-hybridized carbons (Fsp3) is 0.455. The van der Waals surface area contributed by atoms with E-state index in [9.17, 15) is 8.78 Å². The predicted molar refractivity (Wildman–Crippen MR) is 54.5 cm³/mol. The van der Waals surface area contributed by atoms with Gasteiger partial charge in [-0.1, -0.05) is 6.07 Å². The van der Waals surface area contributed by atoms with Crippen molar-refractivity contribution in [3.05, 3.63) is 35.4 Å². The lowest BCUT2D eigenvalue weighted by molar-refractivity contribution is 0.284. The van der Waals surface area contributed by atoms with E-state index >= 15 is 0 Å². The Balaban J connectivity index is 2.57. The summed E-state index contributed by atoms with van der Waals surface area (Å²) in [4.78, 5) is 0. The Morgan fingerprint density at radius 1 is 1.33 bits per heavy atom. The van der Waals surface area contributed by atoms with Crippen LogP contribution in [-0.2, 0) is 0 Å². The molecule has 0 saturated heterocycles. The van der Waals surface area contributed by atoms with Crippen LogP contribution in [0.2, 0.25) is 0 Å². The van der Waals surface area contributed by atoms with Gasteiger partial charge in [0.25, 0.3) is 0 Å². The summed E-state index contributed by atoms with van der Waals surface area (Å²) in [7, 11) is 0. The molecule has 0 heterocycles. The number of hydrogen-bond donors (Lipinski definition) is 2. The average molecular weight is 215 g/mol. The molecule has 1 aromatic carbocycles. The summed E-state index contributed by atoms with van der Waals surface area (Å²) in [5, 5.41) is 11.7. The Hall–Kier alpha value is -1.00. The summed E-state index contributed by atoms with van der Waals surface area (Å²) < 4.78 is 25.5. The van der Waals surface area contributed by atoms with Gasteiger partial charge >= 0.3 is 0 Å². The number of aliphatic hydroxyl groups excluding tert-OH is 1. The van der Waals surface area contributed by atoms with Crippen LogP contribution in [0.4, 0.5) is 8.78 Å². The molecule has 0 saturated carbocycles. The molecule has 0 aromatic heterocycles. The first-order valence-electron chi connectivity index (χ1n) is 4.94. The molecule has 1 aromatic rings. The molecule has 2 nitrogen and oxygen atoms in total. The van der Waals surface area contributed by atoms with Crippen LogP contribution < -0.4 is 5.32 Å². The maximum absolute atomic E-state index is 12.9. The largest absolute Gasteiger partial charge is 0.396 e. The van der Waals surface area contributed by atoms with Crippen molar-refractivity contribution in [1.29, 1.82) is 0 Å². The van der Waals surface area contributed by atoms with Crippen LogP contribution >= 0.6 is 0 Å². The smallest absolute Gasteiger partial charge is 0.159 e. The highest BCUT2D eigenvalue weighted by Gasteiger charge is 2.07. The van der Waals surface area contributed by atoms with E-state index in [1.54, 1.807) is 6.07 Å². The lowest BCUT2D eigenvalue weighted by atomic mass is 10.1. The van der Waals surface area contributed by atoms with E-state index in [4.69, 9.17) is 5.11 Å². The number of halogens is 2. The van der Waals surface area contributed by atoms with E-state index in [-0.39, 0.29) is 12.6 Å². The topological polar surface area (TPSA) is 32.3 Å². The highest BCUT2D eigenvalue weighted by atomic mass is 19.2. The predicted octanol–water partition coefficient (Wildman–Crippen LogP) is 2.00. The van der Waals surface area contributed by atoms with Crippen molar-refractivity contribution in [2.45, 2.75) is 19.4 Å². The molecule has 15 heavy (non-hydrogen) atoms. The first-order chi connectivity index (χ1) is 7.15. The molecule has 0 amide bonds. The van der Waals surface area contributed by atoms with Crippen LogP contribution in [0.3, 0.4) is 0 Å². The standard InChI is InChI=1S/C11H15F2NO/c1-8(14-5-2-6-15)9-3-4-10(12)11(13)7-9/h3-4,7-8,14-15H,2,5-6H2,1H3/t8-/m1/s1. The van der Waals surface area contributed by atoms with Crippen molar-refractivity contribution in [3.8, 4) is 0 Å². The number of rotatable bonds is 5. The van der Waals surface area contributed by atoms with Crippen LogP contribution in [0.1, 0.15) is 24.9 Å². The van der Waals surface area contributed by atoms with E-state index in [0.29, 0.717) is 18.5 Å². The van der Waals surface area contributed by atoms with E-state index in [1.165, 1.54) is 6.07 Å². The number of hydrogen-bond acceptors (Lipinski definition) is 2. The average Bonchev–Trinajstić information content (AvgIpc) is 2.22. The minimum atomic E-state index is -0.832. The van der Waals surface area contributed by atoms with Gasteiger partial charge in [0.15, 0.2) is 11.6 Å². The van der Waals surface area contributed by atoms with Gasteiger partial charge in [0.1, 0.15) is 0 Å². The van der Waals surface area contributed by atoms with Gasteiger partial charge in [0, 0.05) is 12.6 Å². The Kier molecular flexibility index (Phi) is 4.65. The zero-order valence-electron chi connectivity index (χ0n) is 8.63. The molecule has 0 aliphatic rings. The van der Waals surface area contributed by atoms with E-state index in [2.05, 4.69) is 5.32 Å². The SMILES string of the molecule is C[C@@H](NCCCO)c1ccc(F)c(F)c1. The van der Waals surface area contributed by atoms with E-state index in [0.717, 1.165) is 6.07 Å². The molecule has 2 N–H and O–H groups in total. The van der Waals surface area contributed by atoms with Crippen molar-refractivity contribution < 1.29 is 13.9 Å². The highest BCUT2D eigenvalue weighted by molar-refractivity contribution is 5.20. The maximum Gasteiger partial charge on any atom is 0.159 e. The van der Waals surface area contributed by atoms with Crippen molar-refractivity contribution in [1.82, 2.24) is 5.32 Å². The van der Waals surface area contributed by atoms with E-state index < -0.39 is 11.6 Å². The molecule has 84 valence electrons. The molecule has 4 heteroatoms. The van der Waals surface area contributed by atoms with Crippen LogP contribution in [-0.4, -0.2) is 18.3 Å².